The number of hydrogen-bond acceptors (Lipinski definition) is 6. The Bertz CT molecular complexity index is 427. The molecule has 106 valence electrons. The summed E-state index contributed by atoms with van der Waals surface area (Å²) in [4.78, 5) is 11.1. The van der Waals surface area contributed by atoms with E-state index >= 15 is 0 Å². The first kappa shape index (κ1) is 15.7. The lowest BCUT2D eigenvalue weighted by Crippen LogP contribution is -2.14. The number of aliphatic hydroxyl groups excluding tert-OH is 2. The first-order chi connectivity index (χ1) is 9.08. The zero-order valence-electron chi connectivity index (χ0n) is 10.6. The van der Waals surface area contributed by atoms with Crippen LogP contribution in [0.5, 0.6) is 5.75 Å². The summed E-state index contributed by atoms with van der Waals surface area (Å²) in [5.41, 5.74) is -0.0690. The molecule has 0 bridgehead atoms. The number of hydrogen-bond donors (Lipinski definition) is 2. The van der Waals surface area contributed by atoms with Gasteiger partial charge in [-0.2, -0.15) is 0 Å². The fourth-order valence-electron chi connectivity index (χ4n) is 1.31. The standard InChI is InChI=1S/C12H17NO5S/c1-2-5-18-12-6-10(19-8-9(15)7-14)3-4-11(12)13(16)17/h3-4,6,9,14-15H,2,5,7-8H2,1H3. The first-order valence-electron chi connectivity index (χ1n) is 5.91. The average Bonchev–Trinajstić information content (AvgIpc) is 2.42. The van der Waals surface area contributed by atoms with Crippen molar-refractivity contribution >= 4 is 17.4 Å². The molecule has 1 unspecified atom stereocenters. The number of nitro groups is 1. The first-order valence-corrected chi connectivity index (χ1v) is 6.90. The van der Waals surface area contributed by atoms with Gasteiger partial charge in [0.05, 0.1) is 24.2 Å². The van der Waals surface area contributed by atoms with Gasteiger partial charge in [-0.25, -0.2) is 0 Å². The topological polar surface area (TPSA) is 92.8 Å². The largest absolute Gasteiger partial charge is 0.487 e. The van der Waals surface area contributed by atoms with E-state index in [2.05, 4.69) is 0 Å². The number of thioether (sulfide) groups is 1. The summed E-state index contributed by atoms with van der Waals surface area (Å²) < 4.78 is 5.35. The molecule has 0 aromatic heterocycles. The van der Waals surface area contributed by atoms with E-state index in [1.54, 1.807) is 12.1 Å². The van der Waals surface area contributed by atoms with Crippen LogP contribution in [-0.4, -0.2) is 40.2 Å². The highest BCUT2D eigenvalue weighted by Crippen LogP contribution is 2.32. The van der Waals surface area contributed by atoms with Gasteiger partial charge in [-0.05, 0) is 12.5 Å². The summed E-state index contributed by atoms with van der Waals surface area (Å²) >= 11 is 1.31. The van der Waals surface area contributed by atoms with E-state index in [0.29, 0.717) is 12.4 Å². The minimum atomic E-state index is -0.805. The molecule has 0 saturated heterocycles. The summed E-state index contributed by atoms with van der Waals surface area (Å²) in [6.45, 7) is 2.02. The average molecular weight is 287 g/mol. The summed E-state index contributed by atoms with van der Waals surface area (Å²) in [5.74, 6) is 0.553. The number of rotatable bonds is 8. The fraction of sp³-hybridized carbons (Fsp3) is 0.500. The molecule has 0 aliphatic heterocycles. The third-order valence-corrected chi connectivity index (χ3v) is 3.38. The summed E-state index contributed by atoms with van der Waals surface area (Å²) in [5, 5.41) is 28.8. The molecule has 2 N–H and O–H groups in total. The Hall–Kier alpha value is -1.31. The third-order valence-electron chi connectivity index (χ3n) is 2.24. The molecule has 7 heteroatoms. The van der Waals surface area contributed by atoms with Crippen LogP contribution in [0.15, 0.2) is 23.1 Å². The van der Waals surface area contributed by atoms with Crippen molar-refractivity contribution in [1.82, 2.24) is 0 Å². The van der Waals surface area contributed by atoms with Crippen molar-refractivity contribution in [3.8, 4) is 5.75 Å². The van der Waals surface area contributed by atoms with Crippen LogP contribution >= 0.6 is 11.8 Å². The Morgan fingerprint density at radius 1 is 1.53 bits per heavy atom. The van der Waals surface area contributed by atoms with Crippen molar-refractivity contribution in [2.75, 3.05) is 19.0 Å². The van der Waals surface area contributed by atoms with Gasteiger partial charge < -0.3 is 14.9 Å². The van der Waals surface area contributed by atoms with Gasteiger partial charge in [-0.1, -0.05) is 6.92 Å². The number of ether oxygens (including phenoxy) is 1. The number of aliphatic hydroxyl groups is 2. The lowest BCUT2D eigenvalue weighted by Gasteiger charge is -2.09. The van der Waals surface area contributed by atoms with Crippen molar-refractivity contribution in [3.05, 3.63) is 28.3 Å². The van der Waals surface area contributed by atoms with Crippen LogP contribution in [-0.2, 0) is 0 Å². The SMILES string of the molecule is CCCOc1cc(SCC(O)CO)ccc1[N+](=O)[O-]. The molecule has 6 nitrogen and oxygen atoms in total. The molecule has 19 heavy (non-hydrogen) atoms. The molecule has 1 aromatic rings. The van der Waals surface area contributed by atoms with Crippen LogP contribution in [0.4, 0.5) is 5.69 Å². The maximum Gasteiger partial charge on any atom is 0.310 e. The van der Waals surface area contributed by atoms with Crippen molar-refractivity contribution in [1.29, 1.82) is 0 Å². The predicted molar refractivity (Wildman–Crippen MR) is 72.7 cm³/mol. The van der Waals surface area contributed by atoms with Gasteiger partial charge in [0.25, 0.3) is 0 Å². The number of nitro benzene ring substituents is 1. The van der Waals surface area contributed by atoms with E-state index < -0.39 is 11.0 Å². The van der Waals surface area contributed by atoms with Crippen LogP contribution in [0.25, 0.3) is 0 Å². The zero-order valence-corrected chi connectivity index (χ0v) is 11.4. The van der Waals surface area contributed by atoms with Gasteiger partial charge in [-0.3, -0.25) is 10.1 Å². The maximum absolute atomic E-state index is 10.9. The van der Waals surface area contributed by atoms with E-state index in [0.717, 1.165) is 11.3 Å². The Kier molecular flexibility index (Phi) is 6.61. The molecule has 1 aromatic carbocycles. The molecular formula is C12H17NO5S. The Morgan fingerprint density at radius 2 is 2.26 bits per heavy atom. The van der Waals surface area contributed by atoms with E-state index in [1.165, 1.54) is 17.8 Å². The van der Waals surface area contributed by atoms with Gasteiger partial charge >= 0.3 is 5.69 Å². The maximum atomic E-state index is 10.9. The highest BCUT2D eigenvalue weighted by Gasteiger charge is 2.16. The lowest BCUT2D eigenvalue weighted by atomic mass is 10.3. The number of benzene rings is 1. The van der Waals surface area contributed by atoms with E-state index in [9.17, 15) is 15.2 Å². The molecule has 1 rings (SSSR count). The van der Waals surface area contributed by atoms with Crippen molar-refractivity contribution in [3.63, 3.8) is 0 Å². The molecule has 0 fully saturated rings. The van der Waals surface area contributed by atoms with E-state index in [1.807, 2.05) is 6.92 Å². The van der Waals surface area contributed by atoms with Crippen molar-refractivity contribution in [2.24, 2.45) is 0 Å². The van der Waals surface area contributed by atoms with Gasteiger partial charge in [0.2, 0.25) is 0 Å². The molecule has 0 radical (unpaired) electrons. The molecule has 0 aliphatic carbocycles. The van der Waals surface area contributed by atoms with Crippen LogP contribution in [0.1, 0.15) is 13.3 Å². The smallest absolute Gasteiger partial charge is 0.310 e. The van der Waals surface area contributed by atoms with Gasteiger partial charge in [0, 0.05) is 22.8 Å². The molecule has 0 aliphatic rings. The highest BCUT2D eigenvalue weighted by molar-refractivity contribution is 7.99. The molecule has 0 saturated carbocycles. The van der Waals surface area contributed by atoms with E-state index in [4.69, 9.17) is 9.84 Å². The molecule has 0 amide bonds. The monoisotopic (exact) mass is 287 g/mol. The zero-order chi connectivity index (χ0) is 14.3. The molecular weight excluding hydrogens is 270 g/mol. The highest BCUT2D eigenvalue weighted by atomic mass is 32.2. The summed E-state index contributed by atoms with van der Waals surface area (Å²) in [6.07, 6.45) is -0.0437. The van der Waals surface area contributed by atoms with E-state index in [-0.39, 0.29) is 18.0 Å². The second-order valence-electron chi connectivity index (χ2n) is 3.88. The summed E-state index contributed by atoms with van der Waals surface area (Å²) in [6, 6.07) is 4.58. The minimum Gasteiger partial charge on any atom is -0.487 e. The summed E-state index contributed by atoms with van der Waals surface area (Å²) in [7, 11) is 0. The lowest BCUT2D eigenvalue weighted by molar-refractivity contribution is -0.385. The van der Waals surface area contributed by atoms with Crippen molar-refractivity contribution < 1.29 is 19.9 Å². The van der Waals surface area contributed by atoms with Crippen LogP contribution in [0, 0.1) is 10.1 Å². The molecule has 0 heterocycles. The second-order valence-corrected chi connectivity index (χ2v) is 4.98. The normalized spacial score (nSPS) is 12.2. The van der Waals surface area contributed by atoms with Crippen LogP contribution < -0.4 is 4.74 Å². The fourth-order valence-corrected chi connectivity index (χ4v) is 2.15. The van der Waals surface area contributed by atoms with Gasteiger partial charge in [0.15, 0.2) is 5.75 Å². The molecule has 1 atom stereocenters. The quantitative estimate of drug-likeness (QED) is 0.430. The van der Waals surface area contributed by atoms with Gasteiger partial charge in [0.1, 0.15) is 0 Å². The Labute approximate surface area is 115 Å². The Balaban J connectivity index is 2.81. The van der Waals surface area contributed by atoms with Crippen LogP contribution in [0.2, 0.25) is 0 Å². The van der Waals surface area contributed by atoms with Gasteiger partial charge in [-0.15, -0.1) is 11.8 Å². The third kappa shape index (κ3) is 5.06. The van der Waals surface area contributed by atoms with Crippen molar-refractivity contribution in [2.45, 2.75) is 24.3 Å². The predicted octanol–water partition coefficient (Wildman–Crippen LogP) is 1.83. The van der Waals surface area contributed by atoms with Crippen LogP contribution in [0.3, 0.4) is 0 Å². The second kappa shape index (κ2) is 7.98. The Morgan fingerprint density at radius 3 is 2.84 bits per heavy atom. The number of nitrogens with zero attached hydrogens (tertiary/aromatic N) is 1. The molecule has 0 spiro atoms. The minimum absolute atomic E-state index is 0.0690.